The minimum absolute atomic E-state index is 0.0475. The van der Waals surface area contributed by atoms with Gasteiger partial charge in [0.05, 0.1) is 37.5 Å². The number of hydrogen-bond acceptors (Lipinski definition) is 6. The van der Waals surface area contributed by atoms with Crippen molar-refractivity contribution in [3.8, 4) is 0 Å². The van der Waals surface area contributed by atoms with Gasteiger partial charge in [-0.25, -0.2) is 4.98 Å². The fourth-order valence-electron chi connectivity index (χ4n) is 4.42. The topological polar surface area (TPSA) is 77.8 Å². The van der Waals surface area contributed by atoms with Gasteiger partial charge >= 0.3 is 0 Å². The number of nitrogens with zero attached hydrogens (tertiary/aromatic N) is 3. The molecule has 8 heteroatoms. The lowest BCUT2D eigenvalue weighted by atomic mass is 9.82. The largest absolute Gasteiger partial charge is 0.384 e. The van der Waals surface area contributed by atoms with Gasteiger partial charge in [0, 0.05) is 57.8 Å². The lowest BCUT2D eigenvalue weighted by molar-refractivity contribution is 0.0489. The summed E-state index contributed by atoms with van der Waals surface area (Å²) in [6.07, 6.45) is 0. The maximum absolute atomic E-state index is 13.1. The Morgan fingerprint density at radius 3 is 3.04 bits per heavy atom. The average Bonchev–Trinajstić information content (AvgIpc) is 3.32. The predicted molar refractivity (Wildman–Crippen MR) is 106 cm³/mol. The van der Waals surface area contributed by atoms with Crippen LogP contribution in [0.5, 0.6) is 0 Å². The van der Waals surface area contributed by atoms with E-state index >= 15 is 0 Å². The number of hydrogen-bond donors (Lipinski definition) is 1. The van der Waals surface area contributed by atoms with Crippen LogP contribution in [0.25, 0.3) is 11.0 Å². The minimum Gasteiger partial charge on any atom is -0.384 e. The zero-order valence-corrected chi connectivity index (χ0v) is 16.7. The molecule has 28 heavy (non-hydrogen) atoms. The third kappa shape index (κ3) is 3.25. The molecule has 0 saturated carbocycles. The van der Waals surface area contributed by atoms with Gasteiger partial charge in [0.1, 0.15) is 0 Å². The number of anilines is 1. The first-order valence-corrected chi connectivity index (χ1v) is 9.63. The molecule has 0 unspecified atom stereocenters. The Morgan fingerprint density at radius 2 is 2.25 bits per heavy atom. The molecule has 152 valence electrons. The molecule has 2 aliphatic rings. The number of carbonyl (C=O) groups is 1. The Balaban J connectivity index is 1.53. The van der Waals surface area contributed by atoms with Crippen LogP contribution in [-0.4, -0.2) is 80.6 Å². The van der Waals surface area contributed by atoms with E-state index in [0.717, 1.165) is 17.0 Å². The van der Waals surface area contributed by atoms with Gasteiger partial charge in [0.2, 0.25) is 5.95 Å². The number of imidazole rings is 1. The molecular weight excluding hydrogens is 360 g/mol. The molecule has 1 amide bonds. The van der Waals surface area contributed by atoms with Crippen LogP contribution in [0.2, 0.25) is 0 Å². The predicted octanol–water partition coefficient (Wildman–Crippen LogP) is 1.37. The molecule has 1 aromatic carbocycles. The van der Waals surface area contributed by atoms with Gasteiger partial charge in [-0.15, -0.1) is 0 Å². The molecule has 2 atom stereocenters. The molecule has 8 nitrogen and oxygen atoms in total. The number of aryl methyl sites for hydroxylation is 1. The molecule has 2 aliphatic heterocycles. The van der Waals surface area contributed by atoms with Crippen LogP contribution in [0, 0.1) is 11.3 Å². The summed E-state index contributed by atoms with van der Waals surface area (Å²) in [6, 6.07) is 5.73. The number of aromatic nitrogens is 2. The van der Waals surface area contributed by atoms with Gasteiger partial charge in [-0.1, -0.05) is 0 Å². The number of methoxy groups -OCH3 is 2. The van der Waals surface area contributed by atoms with E-state index in [-0.39, 0.29) is 11.3 Å². The smallest absolute Gasteiger partial charge is 0.253 e. The SMILES string of the molecule is COCCNc1nc2cc(C(=O)N3C[C@H]4COC[C@@]4(COC)C3)ccc2n1C. The molecule has 0 spiro atoms. The highest BCUT2D eigenvalue weighted by atomic mass is 16.5. The van der Waals surface area contributed by atoms with Crippen molar-refractivity contribution < 1.29 is 19.0 Å². The summed E-state index contributed by atoms with van der Waals surface area (Å²) < 4.78 is 18.2. The van der Waals surface area contributed by atoms with E-state index in [2.05, 4.69) is 10.3 Å². The molecule has 0 radical (unpaired) electrons. The molecule has 3 heterocycles. The van der Waals surface area contributed by atoms with Crippen molar-refractivity contribution >= 4 is 22.9 Å². The number of benzene rings is 1. The van der Waals surface area contributed by atoms with Crippen molar-refractivity contribution in [2.24, 2.45) is 18.4 Å². The normalized spacial score (nSPS) is 24.1. The summed E-state index contributed by atoms with van der Waals surface area (Å²) in [5.41, 5.74) is 2.39. The molecule has 2 saturated heterocycles. The second kappa shape index (κ2) is 7.69. The van der Waals surface area contributed by atoms with Crippen LogP contribution >= 0.6 is 0 Å². The molecule has 1 N–H and O–H groups in total. The summed E-state index contributed by atoms with van der Waals surface area (Å²) >= 11 is 0. The summed E-state index contributed by atoms with van der Waals surface area (Å²) in [5.74, 6) is 1.15. The van der Waals surface area contributed by atoms with Crippen LogP contribution in [0.1, 0.15) is 10.4 Å². The van der Waals surface area contributed by atoms with E-state index in [1.807, 2.05) is 34.7 Å². The van der Waals surface area contributed by atoms with Crippen LogP contribution in [0.3, 0.4) is 0 Å². The van der Waals surface area contributed by atoms with Crippen LogP contribution in [-0.2, 0) is 21.3 Å². The second-order valence-electron chi connectivity index (χ2n) is 7.81. The number of ether oxygens (including phenoxy) is 3. The number of fused-ring (bicyclic) bond motifs is 2. The molecule has 2 aromatic rings. The number of likely N-dealkylation sites (tertiary alicyclic amines) is 1. The van der Waals surface area contributed by atoms with Crippen LogP contribution < -0.4 is 5.32 Å². The maximum atomic E-state index is 13.1. The first-order valence-electron chi connectivity index (χ1n) is 9.63. The Bertz CT molecular complexity index is 867. The van der Waals surface area contributed by atoms with E-state index in [4.69, 9.17) is 14.2 Å². The van der Waals surface area contributed by atoms with Crippen molar-refractivity contribution in [1.29, 1.82) is 0 Å². The van der Waals surface area contributed by atoms with Gasteiger partial charge < -0.3 is 29.0 Å². The van der Waals surface area contributed by atoms with Crippen molar-refractivity contribution in [3.05, 3.63) is 23.8 Å². The second-order valence-corrected chi connectivity index (χ2v) is 7.81. The molecule has 4 rings (SSSR count). The van der Waals surface area contributed by atoms with E-state index < -0.39 is 0 Å². The van der Waals surface area contributed by atoms with E-state index in [0.29, 0.717) is 57.5 Å². The van der Waals surface area contributed by atoms with E-state index in [1.54, 1.807) is 14.2 Å². The maximum Gasteiger partial charge on any atom is 0.253 e. The van der Waals surface area contributed by atoms with Crippen molar-refractivity contribution in [1.82, 2.24) is 14.5 Å². The van der Waals surface area contributed by atoms with Crippen LogP contribution in [0.15, 0.2) is 18.2 Å². The third-order valence-electron chi connectivity index (χ3n) is 5.96. The zero-order valence-electron chi connectivity index (χ0n) is 16.7. The summed E-state index contributed by atoms with van der Waals surface area (Å²) in [6.45, 7) is 4.65. The van der Waals surface area contributed by atoms with Gasteiger partial charge in [0.15, 0.2) is 0 Å². The monoisotopic (exact) mass is 388 g/mol. The number of rotatable bonds is 7. The standard InChI is InChI=1S/C20H28N4O4/c1-23-17-5-4-14(8-16(17)22-19(23)21-6-7-26-2)18(25)24-9-15-10-28-13-20(15,11-24)12-27-3/h4-5,8,15H,6-7,9-13H2,1-3H3,(H,21,22)/t15-,20-/m0/s1. The van der Waals surface area contributed by atoms with Crippen LogP contribution in [0.4, 0.5) is 5.95 Å². The van der Waals surface area contributed by atoms with E-state index in [1.165, 1.54) is 0 Å². The number of amides is 1. The van der Waals surface area contributed by atoms with Crippen molar-refractivity contribution in [2.45, 2.75) is 0 Å². The Labute approximate surface area is 164 Å². The highest BCUT2D eigenvalue weighted by Gasteiger charge is 2.51. The molecule has 1 aromatic heterocycles. The van der Waals surface area contributed by atoms with Gasteiger partial charge in [-0.2, -0.15) is 0 Å². The molecule has 0 bridgehead atoms. The summed E-state index contributed by atoms with van der Waals surface area (Å²) in [5, 5.41) is 3.26. The lowest BCUT2D eigenvalue weighted by Gasteiger charge is -2.26. The molecular formula is C20H28N4O4. The first kappa shape index (κ1) is 19.2. The fourth-order valence-corrected chi connectivity index (χ4v) is 4.42. The Morgan fingerprint density at radius 1 is 1.39 bits per heavy atom. The third-order valence-corrected chi connectivity index (χ3v) is 5.96. The van der Waals surface area contributed by atoms with Gasteiger partial charge in [-0.3, -0.25) is 4.79 Å². The van der Waals surface area contributed by atoms with Gasteiger partial charge in [0.25, 0.3) is 5.91 Å². The molecule has 2 fully saturated rings. The number of carbonyl (C=O) groups excluding carboxylic acids is 1. The highest BCUT2D eigenvalue weighted by molar-refractivity contribution is 5.98. The molecule has 0 aliphatic carbocycles. The fraction of sp³-hybridized carbons (Fsp3) is 0.600. The Hall–Kier alpha value is -2.16. The zero-order chi connectivity index (χ0) is 19.7. The summed E-state index contributed by atoms with van der Waals surface area (Å²) in [7, 11) is 5.34. The lowest BCUT2D eigenvalue weighted by Crippen LogP contribution is -2.37. The van der Waals surface area contributed by atoms with Crippen molar-refractivity contribution in [2.75, 3.05) is 65.6 Å². The van der Waals surface area contributed by atoms with E-state index in [9.17, 15) is 4.79 Å². The van der Waals surface area contributed by atoms with Gasteiger partial charge in [-0.05, 0) is 18.2 Å². The Kier molecular flexibility index (Phi) is 5.27. The minimum atomic E-state index is -0.0715. The first-order chi connectivity index (χ1) is 13.6. The van der Waals surface area contributed by atoms with Crippen molar-refractivity contribution in [3.63, 3.8) is 0 Å². The summed E-state index contributed by atoms with van der Waals surface area (Å²) in [4.78, 5) is 19.7. The average molecular weight is 388 g/mol. The number of nitrogens with one attached hydrogen (secondary N) is 1. The highest BCUT2D eigenvalue weighted by Crippen LogP contribution is 2.42. The quantitative estimate of drug-likeness (QED) is 0.722.